The molecule has 0 radical (unpaired) electrons. The monoisotopic (exact) mass is 1140 g/mol. The van der Waals surface area contributed by atoms with Crippen molar-refractivity contribution < 1.29 is 67.1 Å². The molecule has 452 valence electrons. The van der Waals surface area contributed by atoms with Crippen molar-refractivity contribution in [1.29, 1.82) is 0 Å². The van der Waals surface area contributed by atoms with Gasteiger partial charge in [0.25, 0.3) is 5.91 Å². The van der Waals surface area contributed by atoms with Gasteiger partial charge < -0.3 is 50.3 Å². The summed E-state index contributed by atoms with van der Waals surface area (Å²) in [5.41, 5.74) is 15.2. The predicted octanol–water partition coefficient (Wildman–Crippen LogP) is 7.93. The molecule has 2 aromatic carbocycles. The molecule has 2 aromatic rings. The predicted molar refractivity (Wildman–Crippen MR) is 305 cm³/mol. The molecule has 15 atom stereocenters. The second-order valence-corrected chi connectivity index (χ2v) is 24.9. The van der Waals surface area contributed by atoms with Crippen molar-refractivity contribution in [3.8, 4) is 0 Å². The van der Waals surface area contributed by atoms with Crippen molar-refractivity contribution in [2.75, 3.05) is 13.2 Å². The number of carbonyl (C=O) groups is 7. The van der Waals surface area contributed by atoms with Gasteiger partial charge in [0.2, 0.25) is 17.7 Å². The molecule has 0 bridgehead atoms. The Balaban J connectivity index is 0.960. The Labute approximate surface area is 484 Å². The minimum Gasteiger partial charge on any atom is -0.463 e. The summed E-state index contributed by atoms with van der Waals surface area (Å²) in [6.45, 7) is 13.4. The van der Waals surface area contributed by atoms with E-state index in [4.69, 9.17) is 39.9 Å². The number of nitrogens with two attached hydrogens (primary N) is 2. The second-order valence-electron chi connectivity index (χ2n) is 24.9. The normalized spacial score (nSPS) is 29.6. The molecule has 18 nitrogen and oxygen atoms in total. The number of allylic oxidation sites excluding steroid dienone is 1. The molecule has 6 N–H and O–H groups in total. The molecule has 1 saturated heterocycles. The number of benzene rings is 2. The summed E-state index contributed by atoms with van der Waals surface area (Å²) in [5, 5.41) is 14.6. The lowest BCUT2D eigenvalue weighted by atomic mass is 9.47. The highest BCUT2D eigenvalue weighted by Gasteiger charge is 2.59. The minimum atomic E-state index is -1.71. The van der Waals surface area contributed by atoms with Gasteiger partial charge >= 0.3 is 17.9 Å². The van der Waals surface area contributed by atoms with Crippen LogP contribution >= 0.6 is 0 Å². The highest BCUT2D eigenvalue weighted by atomic mass is 16.7. The third-order valence-electron chi connectivity index (χ3n) is 19.0. The number of ether oxygens (including phenoxy) is 6. The van der Waals surface area contributed by atoms with Crippen molar-refractivity contribution in [2.45, 2.75) is 213 Å². The van der Waals surface area contributed by atoms with Gasteiger partial charge in [-0.2, -0.15) is 0 Å². The number of carbonyl (C=O) groups excluding carboxylic acids is 7. The van der Waals surface area contributed by atoms with Gasteiger partial charge in [0.1, 0.15) is 56.3 Å². The number of nitrogens with zero attached hydrogens (tertiary/aromatic N) is 1. The molecule has 4 amide bonds. The Morgan fingerprint density at radius 1 is 0.805 bits per heavy atom. The molecule has 82 heavy (non-hydrogen) atoms. The average Bonchev–Trinajstić information content (AvgIpc) is 3.05. The minimum absolute atomic E-state index is 0.0412. The Kier molecular flexibility index (Phi) is 22.9. The standard InChI is InChI=1S/C64H92N4O14/c1-8-50(65)61(76)68(51(60(66)75)26-27-54(71)77-35-42-18-11-9-12-19-42)53(70)38-79-59-57(67-41(5)69)62(80-36-43-20-13-10-14-21-43)82-52(58(59)74)37-78-55(72)28-29-56(73)81-45-30-32-63(6)44(34-45)22-23-46-48-25-24-47(40(4)17-15-16-39(2)3)64(48,7)33-31-49(46)63/h9-14,18-22,39-40,45-52,57-59,62,74H,8,15-17,23-38,65H2,1-7H3,(H2,66,75)(H,67,69)/t40-,45-,46?,47-,48?,49?,50?,51-,52-,57-,58-,59+,62?,63+,64-/m1/s1. The lowest BCUT2D eigenvalue weighted by Gasteiger charge is -2.58. The van der Waals surface area contributed by atoms with E-state index < -0.39 is 110 Å². The third-order valence-corrected chi connectivity index (χ3v) is 19.0. The zero-order chi connectivity index (χ0) is 59.3. The van der Waals surface area contributed by atoms with E-state index in [0.717, 1.165) is 54.1 Å². The maximum absolute atomic E-state index is 14.2. The summed E-state index contributed by atoms with van der Waals surface area (Å²) in [7, 11) is 0. The quantitative estimate of drug-likeness (QED) is 0.0376. The van der Waals surface area contributed by atoms with Gasteiger partial charge in [-0.3, -0.25) is 38.5 Å². The highest BCUT2D eigenvalue weighted by molar-refractivity contribution is 6.02. The lowest BCUT2D eigenvalue weighted by Crippen LogP contribution is -2.66. The van der Waals surface area contributed by atoms with E-state index in [0.29, 0.717) is 28.6 Å². The topological polar surface area (TPSA) is 262 Å². The van der Waals surface area contributed by atoms with Crippen molar-refractivity contribution in [2.24, 2.45) is 57.8 Å². The molecule has 1 heterocycles. The molecular weight excluding hydrogens is 1050 g/mol. The molecule has 5 unspecified atom stereocenters. The van der Waals surface area contributed by atoms with E-state index in [-0.39, 0.29) is 44.0 Å². The van der Waals surface area contributed by atoms with Crippen LogP contribution in [0.3, 0.4) is 0 Å². The van der Waals surface area contributed by atoms with E-state index in [2.05, 4.69) is 46.0 Å². The van der Waals surface area contributed by atoms with Crippen LogP contribution in [0.2, 0.25) is 0 Å². The number of hydrogen-bond donors (Lipinski definition) is 4. The van der Waals surface area contributed by atoms with Crippen LogP contribution in [0.1, 0.15) is 162 Å². The summed E-state index contributed by atoms with van der Waals surface area (Å²) >= 11 is 0. The van der Waals surface area contributed by atoms with Gasteiger partial charge in [0, 0.05) is 19.8 Å². The van der Waals surface area contributed by atoms with Crippen molar-refractivity contribution in [3.63, 3.8) is 0 Å². The molecule has 0 aromatic heterocycles. The Morgan fingerprint density at radius 3 is 2.13 bits per heavy atom. The summed E-state index contributed by atoms with van der Waals surface area (Å²) in [5.74, 6) is -1.40. The van der Waals surface area contributed by atoms with Crippen LogP contribution in [0, 0.1) is 46.3 Å². The molecule has 7 rings (SSSR count). The summed E-state index contributed by atoms with van der Waals surface area (Å²) in [6, 6.07) is 13.7. The van der Waals surface area contributed by atoms with Crippen molar-refractivity contribution >= 4 is 41.5 Å². The molecule has 0 spiro atoms. The fourth-order valence-electron chi connectivity index (χ4n) is 14.5. The molecule has 4 fully saturated rings. The smallest absolute Gasteiger partial charge is 0.306 e. The van der Waals surface area contributed by atoms with E-state index in [9.17, 15) is 38.7 Å². The molecular formula is C64H92N4O14. The number of esters is 3. The average molecular weight is 1140 g/mol. The van der Waals surface area contributed by atoms with Crippen LogP contribution in [0.25, 0.3) is 0 Å². The second kappa shape index (κ2) is 29.3. The van der Waals surface area contributed by atoms with Crippen LogP contribution in [-0.4, -0.2) is 114 Å². The number of nitrogens with one attached hydrogen (secondary N) is 1. The van der Waals surface area contributed by atoms with E-state index >= 15 is 0 Å². The molecule has 1 aliphatic heterocycles. The van der Waals surface area contributed by atoms with Crippen molar-refractivity contribution in [3.05, 3.63) is 83.4 Å². The zero-order valence-corrected chi connectivity index (χ0v) is 49.4. The van der Waals surface area contributed by atoms with E-state index in [1.54, 1.807) is 55.5 Å². The fraction of sp³-hybridized carbons (Fsp3) is 0.672. The maximum Gasteiger partial charge on any atom is 0.306 e. The van der Waals surface area contributed by atoms with Crippen molar-refractivity contribution in [1.82, 2.24) is 10.2 Å². The maximum atomic E-state index is 14.2. The first-order chi connectivity index (χ1) is 39.1. The first-order valence-electron chi connectivity index (χ1n) is 30.2. The molecule has 5 aliphatic rings. The first kappa shape index (κ1) is 64.0. The summed E-state index contributed by atoms with van der Waals surface area (Å²) in [6.07, 6.45) is 7.54. The van der Waals surface area contributed by atoms with Gasteiger partial charge in [0.05, 0.1) is 25.5 Å². The first-order valence-corrected chi connectivity index (χ1v) is 30.2. The Morgan fingerprint density at radius 2 is 1.48 bits per heavy atom. The van der Waals surface area contributed by atoms with E-state index in [1.807, 2.05) is 12.1 Å². The van der Waals surface area contributed by atoms with Gasteiger partial charge in [-0.1, -0.05) is 133 Å². The van der Waals surface area contributed by atoms with Gasteiger partial charge in [-0.25, -0.2) is 0 Å². The number of imide groups is 1. The SMILES string of the molecule is CCC(N)C(=O)N(C(=O)CO[C@@H]1[C@H](O)[C@@H](COC(=O)CCC(=O)O[C@@H]2CC[C@@]3(C)C(=CCC4C3CC[C@@]3(C)C4CC[C@@H]3[C@H](C)CCCC(C)C)C2)OC(OCc2ccccc2)[C@@H]1NC(C)=O)[C@H](CCC(=O)OCc1ccccc1)C(N)=O. The summed E-state index contributed by atoms with van der Waals surface area (Å²) < 4.78 is 35.4. The van der Waals surface area contributed by atoms with Gasteiger partial charge in [-0.05, 0) is 115 Å². The van der Waals surface area contributed by atoms with Gasteiger partial charge in [-0.15, -0.1) is 0 Å². The number of fused-ring (bicyclic) bond motifs is 5. The number of aliphatic hydroxyl groups is 1. The largest absolute Gasteiger partial charge is 0.463 e. The highest BCUT2D eigenvalue weighted by Crippen LogP contribution is 2.67. The summed E-state index contributed by atoms with van der Waals surface area (Å²) in [4.78, 5) is 93.9. The fourth-order valence-corrected chi connectivity index (χ4v) is 14.5. The van der Waals surface area contributed by atoms with Crippen LogP contribution in [0.4, 0.5) is 0 Å². The number of rotatable bonds is 27. The number of amides is 4. The number of primary amides is 1. The molecule has 3 saturated carbocycles. The van der Waals surface area contributed by atoms with E-state index in [1.165, 1.54) is 57.4 Å². The Hall–Kier alpha value is -5.53. The lowest BCUT2D eigenvalue weighted by molar-refractivity contribution is -0.280. The van der Waals surface area contributed by atoms with Gasteiger partial charge in [0.15, 0.2) is 6.29 Å². The third kappa shape index (κ3) is 16.0. The van der Waals surface area contributed by atoms with Crippen LogP contribution in [0.15, 0.2) is 72.3 Å². The van der Waals surface area contributed by atoms with Crippen LogP contribution < -0.4 is 16.8 Å². The molecule has 4 aliphatic carbocycles. The number of aliphatic hydroxyl groups excluding tert-OH is 1. The number of hydrogen-bond acceptors (Lipinski definition) is 15. The Bertz CT molecular complexity index is 2530. The van der Waals surface area contributed by atoms with Crippen LogP contribution in [0.5, 0.6) is 0 Å². The zero-order valence-electron chi connectivity index (χ0n) is 49.4. The van der Waals surface area contributed by atoms with Crippen LogP contribution in [-0.2, 0) is 75.2 Å². The molecule has 18 heteroatoms.